The number of hydrogen-bond acceptors (Lipinski definition) is 4. The zero-order chi connectivity index (χ0) is 17.1. The van der Waals surface area contributed by atoms with Crippen molar-refractivity contribution in [2.75, 3.05) is 0 Å². The molecule has 0 bridgehead atoms. The maximum atomic E-state index is 12.3. The van der Waals surface area contributed by atoms with Gasteiger partial charge in [-0.3, -0.25) is 9.35 Å². The van der Waals surface area contributed by atoms with Crippen molar-refractivity contribution in [3.63, 3.8) is 0 Å². The first-order valence-electron chi connectivity index (χ1n) is 8.04. The van der Waals surface area contributed by atoms with Crippen molar-refractivity contribution in [3.05, 3.63) is 41.5 Å². The van der Waals surface area contributed by atoms with Gasteiger partial charge in [-0.1, -0.05) is 25.1 Å². The van der Waals surface area contributed by atoms with Gasteiger partial charge in [-0.05, 0) is 59.2 Å². The minimum absolute atomic E-state index is 0. The first-order chi connectivity index (χ1) is 11.3. The fourth-order valence-corrected chi connectivity index (χ4v) is 4.79. The summed E-state index contributed by atoms with van der Waals surface area (Å²) in [6, 6.07) is 8.96. The maximum absolute atomic E-state index is 12.3. The average Bonchev–Trinajstić information content (AvgIpc) is 2.81. The summed E-state index contributed by atoms with van der Waals surface area (Å²) < 4.78 is 35.1. The quantitative estimate of drug-likeness (QED) is 0.650. The van der Waals surface area contributed by atoms with Gasteiger partial charge in [0.15, 0.2) is 0 Å². The van der Waals surface area contributed by atoms with Gasteiger partial charge in [0.05, 0.1) is 0 Å². The first kappa shape index (κ1) is 18.9. The molecular formula is C18H18NaO5S. The molecule has 1 saturated carbocycles. The van der Waals surface area contributed by atoms with Crippen LogP contribution in [0.15, 0.2) is 30.3 Å². The molecule has 2 atom stereocenters. The molecule has 0 spiro atoms. The number of Topliss-reactive ketones (excluding diaryl/α,β-unsaturated/α-hetero) is 1. The topological polar surface area (TPSA) is 80.7 Å². The first-order valence-corrected chi connectivity index (χ1v) is 9.40. The molecule has 1 fully saturated rings. The Bertz CT molecular complexity index is 969. The van der Waals surface area contributed by atoms with Crippen molar-refractivity contribution in [2.24, 2.45) is 5.41 Å². The Morgan fingerprint density at radius 2 is 1.96 bits per heavy atom. The third-order valence-electron chi connectivity index (χ3n) is 5.68. The summed E-state index contributed by atoms with van der Waals surface area (Å²) in [7, 11) is -4.53. The van der Waals surface area contributed by atoms with E-state index in [9.17, 15) is 13.2 Å². The van der Waals surface area contributed by atoms with E-state index in [0.717, 1.165) is 30.0 Å². The van der Waals surface area contributed by atoms with Crippen LogP contribution in [0, 0.1) is 5.41 Å². The van der Waals surface area contributed by atoms with Crippen LogP contribution in [0.2, 0.25) is 0 Å². The SMILES string of the molecule is C[C@]12CCc3c(ccc4cc(OS(=O)(=O)O)ccc34)[C@@H]1CCC2=O.[Na]. The van der Waals surface area contributed by atoms with E-state index in [1.807, 2.05) is 12.1 Å². The van der Waals surface area contributed by atoms with E-state index < -0.39 is 10.4 Å². The van der Waals surface area contributed by atoms with Crippen LogP contribution in [0.5, 0.6) is 5.75 Å². The third kappa shape index (κ3) is 3.15. The Labute approximate surface area is 169 Å². The molecule has 1 N–H and O–H groups in total. The molecule has 2 aromatic rings. The van der Waals surface area contributed by atoms with Crippen LogP contribution in [0.3, 0.4) is 0 Å². The van der Waals surface area contributed by atoms with Gasteiger partial charge in [-0.2, -0.15) is 8.42 Å². The van der Waals surface area contributed by atoms with Crippen molar-refractivity contribution in [1.29, 1.82) is 0 Å². The van der Waals surface area contributed by atoms with Crippen LogP contribution in [0.4, 0.5) is 0 Å². The Kier molecular flexibility index (Phi) is 4.79. The molecule has 5 nitrogen and oxygen atoms in total. The predicted molar refractivity (Wildman–Crippen MR) is 95.3 cm³/mol. The van der Waals surface area contributed by atoms with Gasteiger partial charge in [0, 0.05) is 41.4 Å². The predicted octanol–water partition coefficient (Wildman–Crippen LogP) is 3.04. The smallest absolute Gasteiger partial charge is 0.362 e. The maximum Gasteiger partial charge on any atom is 0.446 e. The van der Waals surface area contributed by atoms with Crippen molar-refractivity contribution in [2.45, 2.75) is 38.5 Å². The van der Waals surface area contributed by atoms with Crippen molar-refractivity contribution < 1.29 is 21.9 Å². The van der Waals surface area contributed by atoms with Crippen molar-refractivity contribution >= 4 is 56.5 Å². The van der Waals surface area contributed by atoms with Crippen LogP contribution < -0.4 is 4.18 Å². The van der Waals surface area contributed by atoms with E-state index in [2.05, 4.69) is 17.2 Å². The summed E-state index contributed by atoms with van der Waals surface area (Å²) in [5.74, 6) is 0.726. The van der Waals surface area contributed by atoms with Crippen LogP contribution in [0.25, 0.3) is 10.8 Å². The molecule has 2 aliphatic carbocycles. The summed E-state index contributed by atoms with van der Waals surface area (Å²) >= 11 is 0. The largest absolute Gasteiger partial charge is 0.446 e. The van der Waals surface area contributed by atoms with Crippen molar-refractivity contribution in [1.82, 2.24) is 0 Å². The zero-order valence-electron chi connectivity index (χ0n) is 14.3. The van der Waals surface area contributed by atoms with Gasteiger partial charge in [0.25, 0.3) is 0 Å². The Morgan fingerprint density at radius 3 is 2.68 bits per heavy atom. The number of carbonyl (C=O) groups is 1. The molecule has 4 rings (SSSR count). The number of hydrogen-bond donors (Lipinski definition) is 1. The molecular weight excluding hydrogens is 351 g/mol. The van der Waals surface area contributed by atoms with Gasteiger partial charge < -0.3 is 4.18 Å². The fraction of sp³-hybridized carbons (Fsp3) is 0.389. The number of ketones is 1. The second kappa shape index (κ2) is 6.35. The molecule has 25 heavy (non-hydrogen) atoms. The monoisotopic (exact) mass is 369 g/mol. The molecule has 2 aromatic carbocycles. The zero-order valence-corrected chi connectivity index (χ0v) is 17.1. The minimum Gasteiger partial charge on any atom is -0.362 e. The summed E-state index contributed by atoms with van der Waals surface area (Å²) in [5, 5.41) is 1.92. The van der Waals surface area contributed by atoms with E-state index >= 15 is 0 Å². The van der Waals surface area contributed by atoms with Gasteiger partial charge >= 0.3 is 10.4 Å². The van der Waals surface area contributed by atoms with E-state index in [1.165, 1.54) is 11.1 Å². The van der Waals surface area contributed by atoms with E-state index in [4.69, 9.17) is 4.55 Å². The van der Waals surface area contributed by atoms with Gasteiger partial charge in [-0.25, -0.2) is 0 Å². The average molecular weight is 369 g/mol. The Morgan fingerprint density at radius 1 is 1.20 bits per heavy atom. The van der Waals surface area contributed by atoms with E-state index in [-0.39, 0.29) is 46.6 Å². The van der Waals surface area contributed by atoms with Gasteiger partial charge in [0.2, 0.25) is 0 Å². The molecule has 0 aliphatic heterocycles. The molecule has 127 valence electrons. The Balaban J connectivity index is 0.00000182. The molecule has 0 amide bonds. The number of fused-ring (bicyclic) bond motifs is 5. The molecule has 0 heterocycles. The molecule has 0 unspecified atom stereocenters. The second-order valence-corrected chi connectivity index (χ2v) is 7.98. The summed E-state index contributed by atoms with van der Waals surface area (Å²) in [5.41, 5.74) is 2.24. The summed E-state index contributed by atoms with van der Waals surface area (Å²) in [6.07, 6.45) is 3.24. The molecule has 0 saturated heterocycles. The molecule has 0 aromatic heterocycles. The second-order valence-electron chi connectivity index (χ2n) is 6.96. The van der Waals surface area contributed by atoms with Crippen molar-refractivity contribution in [3.8, 4) is 5.75 Å². The minimum atomic E-state index is -4.53. The van der Waals surface area contributed by atoms with Crippen LogP contribution in [-0.2, 0) is 21.6 Å². The van der Waals surface area contributed by atoms with E-state index in [1.54, 1.807) is 12.1 Å². The van der Waals surface area contributed by atoms with E-state index in [0.29, 0.717) is 12.2 Å². The normalized spacial score (nSPS) is 25.2. The molecule has 2 aliphatic rings. The number of carbonyl (C=O) groups excluding carboxylic acids is 1. The number of rotatable bonds is 2. The third-order valence-corrected chi connectivity index (χ3v) is 6.08. The Hall–Kier alpha value is -0.920. The fourth-order valence-electron chi connectivity index (χ4n) is 4.44. The number of aryl methyl sites for hydroxylation is 1. The standard InChI is InChI=1S/C18H18O5S.Na/c1-18-9-8-14-13-5-3-12(23-24(20,21)22)10-11(13)2-4-15(14)16(18)6-7-17(18)19;/h2-5,10,16H,6-9H2,1H3,(H,20,21,22);/t16-,18-;/m0./s1. The molecule has 1 radical (unpaired) electrons. The van der Waals surface area contributed by atoms with Crippen LogP contribution in [0.1, 0.15) is 43.2 Å². The number of benzene rings is 2. The van der Waals surface area contributed by atoms with Gasteiger partial charge in [-0.15, -0.1) is 0 Å². The summed E-state index contributed by atoms with van der Waals surface area (Å²) in [6.45, 7) is 2.09. The van der Waals surface area contributed by atoms with Gasteiger partial charge in [0.1, 0.15) is 11.5 Å². The van der Waals surface area contributed by atoms with Crippen LogP contribution in [-0.4, -0.2) is 48.3 Å². The molecule has 7 heteroatoms. The summed E-state index contributed by atoms with van der Waals surface area (Å²) in [4.78, 5) is 12.3. The van der Waals surface area contributed by atoms with Crippen LogP contribution >= 0.6 is 0 Å².